The van der Waals surface area contributed by atoms with Gasteiger partial charge in [0.25, 0.3) is 5.91 Å². The Kier molecular flexibility index (Phi) is 8.52. The first-order valence-electron chi connectivity index (χ1n) is 10.6. The number of aromatic nitrogens is 3. The summed E-state index contributed by atoms with van der Waals surface area (Å²) in [6.45, 7) is 7.53. The van der Waals surface area contributed by atoms with E-state index in [1.165, 1.54) is 4.68 Å². The minimum Gasteiger partial charge on any atom is -0.350 e. The molecule has 0 aliphatic carbocycles. The molecule has 178 valence electrons. The third-order valence-corrected chi connectivity index (χ3v) is 5.74. The first-order valence-corrected chi connectivity index (χ1v) is 12.1. The highest BCUT2D eigenvalue weighted by Gasteiger charge is 2.21. The van der Waals surface area contributed by atoms with Crippen molar-refractivity contribution in [1.82, 2.24) is 20.1 Å². The summed E-state index contributed by atoms with van der Waals surface area (Å²) in [5, 5.41) is 11.0. The van der Waals surface area contributed by atoms with Crippen molar-refractivity contribution in [2.24, 2.45) is 0 Å². The first kappa shape index (κ1) is 25.9. The number of rotatable bonds is 7. The zero-order chi connectivity index (χ0) is 25.0. The largest absolute Gasteiger partial charge is 0.350 e. The molecule has 2 aromatic heterocycles. The summed E-state index contributed by atoms with van der Waals surface area (Å²) in [5.74, 6) is -0.268. The Bertz CT molecular complexity index is 1270. The Hall–Kier alpha value is -2.68. The highest BCUT2D eigenvalue weighted by atomic mass is 79.9. The molecule has 3 aromatic rings. The van der Waals surface area contributed by atoms with Crippen LogP contribution in [0.4, 0.5) is 5.69 Å². The molecule has 2 N–H and O–H groups in total. The lowest BCUT2D eigenvalue weighted by atomic mass is 10.0. The molecule has 3 rings (SSSR count). The summed E-state index contributed by atoms with van der Waals surface area (Å²) in [6, 6.07) is 8.40. The molecule has 0 aliphatic rings. The summed E-state index contributed by atoms with van der Waals surface area (Å²) < 4.78 is 1.82. The van der Waals surface area contributed by atoms with Crippen LogP contribution in [0.25, 0.3) is 11.9 Å². The van der Waals surface area contributed by atoms with Gasteiger partial charge in [-0.2, -0.15) is 5.10 Å². The van der Waals surface area contributed by atoms with Crippen LogP contribution in [0.15, 0.2) is 46.7 Å². The SMILES string of the molecule is CC/C(=C\c1cc(Cl)cc(C)c1NC(=O)c1cc(Br)nn1-c1ncccc1Cl)C(=O)NC(C)C. The van der Waals surface area contributed by atoms with Gasteiger partial charge in [-0.15, -0.1) is 0 Å². The minimum atomic E-state index is -0.426. The molecule has 0 saturated carbocycles. The number of carbonyl (C=O) groups excluding carboxylic acids is 2. The van der Waals surface area contributed by atoms with Crippen LogP contribution in [-0.2, 0) is 4.79 Å². The van der Waals surface area contributed by atoms with Crippen LogP contribution in [0, 0.1) is 6.92 Å². The number of benzene rings is 1. The predicted octanol–water partition coefficient (Wildman–Crippen LogP) is 6.22. The number of halogens is 3. The molecule has 1 aromatic carbocycles. The maximum absolute atomic E-state index is 13.4. The quantitative estimate of drug-likeness (QED) is 0.334. The van der Waals surface area contributed by atoms with E-state index in [1.54, 1.807) is 42.6 Å². The minimum absolute atomic E-state index is 0.000116. The average molecular weight is 565 g/mol. The first-order chi connectivity index (χ1) is 16.1. The van der Waals surface area contributed by atoms with Crippen LogP contribution in [0.5, 0.6) is 0 Å². The number of anilines is 1. The van der Waals surface area contributed by atoms with Gasteiger partial charge in [-0.1, -0.05) is 30.1 Å². The molecular formula is C24H24BrCl2N5O2. The van der Waals surface area contributed by atoms with Gasteiger partial charge in [0.2, 0.25) is 5.91 Å². The van der Waals surface area contributed by atoms with E-state index in [2.05, 4.69) is 36.6 Å². The second kappa shape index (κ2) is 11.2. The maximum Gasteiger partial charge on any atom is 0.274 e. The van der Waals surface area contributed by atoms with Crippen LogP contribution in [0.3, 0.4) is 0 Å². The van der Waals surface area contributed by atoms with Crippen LogP contribution < -0.4 is 10.6 Å². The molecule has 0 bridgehead atoms. The van der Waals surface area contributed by atoms with Crippen LogP contribution in [-0.4, -0.2) is 32.6 Å². The second-order valence-electron chi connectivity index (χ2n) is 7.87. The second-order valence-corrected chi connectivity index (χ2v) is 9.52. The molecule has 0 radical (unpaired) electrons. The van der Waals surface area contributed by atoms with Crippen molar-refractivity contribution in [3.8, 4) is 5.82 Å². The molecule has 0 atom stereocenters. The Balaban J connectivity index is 2.03. The highest BCUT2D eigenvalue weighted by molar-refractivity contribution is 9.10. The molecule has 10 heteroatoms. The zero-order valence-corrected chi connectivity index (χ0v) is 22.2. The maximum atomic E-state index is 13.4. The summed E-state index contributed by atoms with van der Waals surface area (Å²) in [6.07, 6.45) is 3.82. The van der Waals surface area contributed by atoms with Gasteiger partial charge in [-0.3, -0.25) is 9.59 Å². The van der Waals surface area contributed by atoms with Crippen LogP contribution in [0.1, 0.15) is 48.8 Å². The number of hydrogen-bond acceptors (Lipinski definition) is 4. The number of amides is 2. The van der Waals surface area contributed by atoms with E-state index in [0.29, 0.717) is 43.7 Å². The van der Waals surface area contributed by atoms with Crippen molar-refractivity contribution < 1.29 is 9.59 Å². The predicted molar refractivity (Wildman–Crippen MR) is 140 cm³/mol. The van der Waals surface area contributed by atoms with Gasteiger partial charge in [0.05, 0.1) is 10.7 Å². The number of carbonyl (C=O) groups is 2. The van der Waals surface area contributed by atoms with Crippen molar-refractivity contribution in [3.05, 3.63) is 73.6 Å². The number of pyridine rings is 1. The van der Waals surface area contributed by atoms with Crippen molar-refractivity contribution in [3.63, 3.8) is 0 Å². The normalized spacial score (nSPS) is 11.6. The fraction of sp³-hybridized carbons (Fsp3) is 0.250. The van der Waals surface area contributed by atoms with E-state index in [-0.39, 0.29) is 17.6 Å². The van der Waals surface area contributed by atoms with Gasteiger partial charge in [0, 0.05) is 34.5 Å². The Labute approximate surface area is 216 Å². The van der Waals surface area contributed by atoms with Crippen LogP contribution >= 0.6 is 39.1 Å². The van der Waals surface area contributed by atoms with E-state index < -0.39 is 5.91 Å². The number of hydrogen-bond donors (Lipinski definition) is 2. The molecule has 0 saturated heterocycles. The van der Waals surface area contributed by atoms with Gasteiger partial charge < -0.3 is 10.6 Å². The van der Waals surface area contributed by atoms with E-state index >= 15 is 0 Å². The third kappa shape index (κ3) is 6.05. The molecule has 0 unspecified atom stereocenters. The topological polar surface area (TPSA) is 88.9 Å². The average Bonchev–Trinajstić information content (AvgIpc) is 3.15. The molecular weight excluding hydrogens is 541 g/mol. The van der Waals surface area contributed by atoms with E-state index in [1.807, 2.05) is 27.7 Å². The van der Waals surface area contributed by atoms with E-state index in [4.69, 9.17) is 23.2 Å². The summed E-state index contributed by atoms with van der Waals surface area (Å²) >= 11 is 15.9. The summed E-state index contributed by atoms with van der Waals surface area (Å²) in [7, 11) is 0. The van der Waals surface area contributed by atoms with Gasteiger partial charge >= 0.3 is 0 Å². The molecule has 2 amide bonds. The van der Waals surface area contributed by atoms with Crippen molar-refractivity contribution >= 4 is 62.7 Å². The van der Waals surface area contributed by atoms with Gasteiger partial charge in [0.1, 0.15) is 10.3 Å². The monoisotopic (exact) mass is 563 g/mol. The lowest BCUT2D eigenvalue weighted by molar-refractivity contribution is -0.118. The number of aryl methyl sites for hydroxylation is 1. The number of nitrogens with zero attached hydrogens (tertiary/aromatic N) is 3. The third-order valence-electron chi connectivity index (χ3n) is 4.84. The molecule has 0 fully saturated rings. The van der Waals surface area contributed by atoms with Gasteiger partial charge in [-0.05, 0) is 79.0 Å². The molecule has 34 heavy (non-hydrogen) atoms. The van der Waals surface area contributed by atoms with E-state index in [0.717, 1.165) is 5.56 Å². The smallest absolute Gasteiger partial charge is 0.274 e. The lowest BCUT2D eigenvalue weighted by Gasteiger charge is -2.15. The fourth-order valence-electron chi connectivity index (χ4n) is 3.31. The van der Waals surface area contributed by atoms with Crippen LogP contribution in [0.2, 0.25) is 10.0 Å². The summed E-state index contributed by atoms with van der Waals surface area (Å²) in [4.78, 5) is 30.2. The summed E-state index contributed by atoms with van der Waals surface area (Å²) in [5.41, 5.74) is 2.69. The Morgan fingerprint density at radius 3 is 2.62 bits per heavy atom. The molecule has 0 aliphatic heterocycles. The molecule has 0 spiro atoms. The Morgan fingerprint density at radius 2 is 1.97 bits per heavy atom. The molecule has 2 heterocycles. The Morgan fingerprint density at radius 1 is 1.24 bits per heavy atom. The van der Waals surface area contributed by atoms with Gasteiger partial charge in [-0.25, -0.2) is 9.67 Å². The zero-order valence-electron chi connectivity index (χ0n) is 19.1. The lowest BCUT2D eigenvalue weighted by Crippen LogP contribution is -2.31. The highest BCUT2D eigenvalue weighted by Crippen LogP contribution is 2.29. The van der Waals surface area contributed by atoms with Crippen molar-refractivity contribution in [2.45, 2.75) is 40.2 Å². The standard InChI is InChI=1S/C24H24BrCl2N5O2/c1-5-15(23(33)29-13(2)3)10-16-11-17(26)9-14(4)21(16)30-24(34)19-12-20(25)31-32(19)22-18(27)7-6-8-28-22/h6-13H,5H2,1-4H3,(H,29,33)(H,30,34)/b15-10+. The van der Waals surface area contributed by atoms with E-state index in [9.17, 15) is 9.59 Å². The van der Waals surface area contributed by atoms with Crippen molar-refractivity contribution in [2.75, 3.05) is 5.32 Å². The number of nitrogens with one attached hydrogen (secondary N) is 2. The van der Waals surface area contributed by atoms with Gasteiger partial charge in [0.15, 0.2) is 5.82 Å². The van der Waals surface area contributed by atoms with Crippen molar-refractivity contribution in [1.29, 1.82) is 0 Å². The molecule has 7 nitrogen and oxygen atoms in total. The fourth-order valence-corrected chi connectivity index (χ4v) is 4.17.